The second-order valence-corrected chi connectivity index (χ2v) is 5.85. The summed E-state index contributed by atoms with van der Waals surface area (Å²) in [6.45, 7) is 6.92. The molecule has 1 aliphatic heterocycles. The molecule has 0 bridgehead atoms. The molecule has 5 heteroatoms. The summed E-state index contributed by atoms with van der Waals surface area (Å²) >= 11 is 0. The molecule has 3 rings (SSSR count). The average Bonchev–Trinajstić information content (AvgIpc) is 3.08. The lowest BCUT2D eigenvalue weighted by atomic mass is 10.2. The van der Waals surface area contributed by atoms with Crippen LogP contribution in [0.2, 0.25) is 0 Å². The van der Waals surface area contributed by atoms with Crippen molar-refractivity contribution >= 4 is 5.69 Å². The maximum absolute atomic E-state index is 5.67. The van der Waals surface area contributed by atoms with Gasteiger partial charge in [0.2, 0.25) is 0 Å². The Labute approximate surface area is 115 Å². The molecule has 1 aliphatic carbocycles. The highest BCUT2D eigenvalue weighted by atomic mass is 15.3. The molecule has 0 atom stereocenters. The molecule has 1 aromatic rings. The normalized spacial score (nSPS) is 23.2. The quantitative estimate of drug-likeness (QED) is 0.881. The minimum absolute atomic E-state index is 0.756. The minimum atomic E-state index is 0.756. The molecule has 2 fully saturated rings. The lowest BCUT2D eigenvalue weighted by Crippen LogP contribution is -2.50. The van der Waals surface area contributed by atoms with Crippen LogP contribution in [0.25, 0.3) is 0 Å². The van der Waals surface area contributed by atoms with Gasteiger partial charge in [0.25, 0.3) is 0 Å². The average molecular weight is 263 g/mol. The summed E-state index contributed by atoms with van der Waals surface area (Å²) in [5, 5.41) is 4.23. The number of nitrogen functional groups attached to an aromatic ring is 1. The molecule has 5 nitrogen and oxygen atoms in total. The van der Waals surface area contributed by atoms with E-state index in [9.17, 15) is 0 Å². The third-order valence-electron chi connectivity index (χ3n) is 4.55. The highest BCUT2D eigenvalue weighted by Crippen LogP contribution is 2.24. The predicted octanol–water partition coefficient (Wildman–Crippen LogP) is 1.03. The van der Waals surface area contributed by atoms with Gasteiger partial charge in [0, 0.05) is 45.0 Å². The van der Waals surface area contributed by atoms with Crippen LogP contribution < -0.4 is 5.73 Å². The number of nitrogens with two attached hydrogens (primary N) is 1. The van der Waals surface area contributed by atoms with Gasteiger partial charge in [0.15, 0.2) is 0 Å². The van der Waals surface area contributed by atoms with E-state index in [4.69, 9.17) is 5.73 Å². The van der Waals surface area contributed by atoms with Crippen LogP contribution in [0.3, 0.4) is 0 Å². The van der Waals surface area contributed by atoms with Crippen molar-refractivity contribution in [2.24, 2.45) is 0 Å². The van der Waals surface area contributed by atoms with Gasteiger partial charge in [-0.15, -0.1) is 0 Å². The van der Waals surface area contributed by atoms with Crippen molar-refractivity contribution in [1.82, 2.24) is 19.6 Å². The fraction of sp³-hybridized carbons (Fsp3) is 0.786. The Balaban J connectivity index is 1.40. The Morgan fingerprint density at radius 3 is 2.47 bits per heavy atom. The van der Waals surface area contributed by atoms with Crippen LogP contribution in [-0.2, 0) is 6.54 Å². The first-order valence-corrected chi connectivity index (χ1v) is 7.55. The van der Waals surface area contributed by atoms with E-state index >= 15 is 0 Å². The minimum Gasteiger partial charge on any atom is -0.396 e. The lowest BCUT2D eigenvalue weighted by Gasteiger charge is -2.38. The van der Waals surface area contributed by atoms with Crippen LogP contribution in [0.15, 0.2) is 12.4 Å². The Bertz CT molecular complexity index is 388. The zero-order valence-corrected chi connectivity index (χ0v) is 11.7. The van der Waals surface area contributed by atoms with Crippen molar-refractivity contribution < 1.29 is 0 Å². The Morgan fingerprint density at radius 2 is 1.84 bits per heavy atom. The van der Waals surface area contributed by atoms with E-state index in [0.29, 0.717) is 0 Å². The van der Waals surface area contributed by atoms with Gasteiger partial charge in [-0.25, -0.2) is 0 Å². The highest BCUT2D eigenvalue weighted by molar-refractivity contribution is 5.30. The Kier molecular flexibility index (Phi) is 4.03. The number of rotatable bonds is 4. The maximum atomic E-state index is 5.67. The summed E-state index contributed by atoms with van der Waals surface area (Å²) in [7, 11) is 0. The van der Waals surface area contributed by atoms with Crippen LogP contribution in [0, 0.1) is 0 Å². The lowest BCUT2D eigenvalue weighted by molar-refractivity contribution is 0.0950. The SMILES string of the molecule is Nc1cnn(CCN2CCN(C3CCCC3)CC2)c1. The maximum Gasteiger partial charge on any atom is 0.0719 e. The summed E-state index contributed by atoms with van der Waals surface area (Å²) < 4.78 is 1.94. The predicted molar refractivity (Wildman–Crippen MR) is 76.9 cm³/mol. The molecule has 106 valence electrons. The van der Waals surface area contributed by atoms with Crippen molar-refractivity contribution in [1.29, 1.82) is 0 Å². The van der Waals surface area contributed by atoms with Gasteiger partial charge in [-0.2, -0.15) is 5.10 Å². The number of nitrogens with zero attached hydrogens (tertiary/aromatic N) is 4. The molecular weight excluding hydrogens is 238 g/mol. The zero-order chi connectivity index (χ0) is 13.1. The molecule has 19 heavy (non-hydrogen) atoms. The summed E-state index contributed by atoms with van der Waals surface area (Å²) in [6.07, 6.45) is 9.35. The third kappa shape index (κ3) is 3.28. The van der Waals surface area contributed by atoms with Gasteiger partial charge >= 0.3 is 0 Å². The third-order valence-corrected chi connectivity index (χ3v) is 4.55. The fourth-order valence-electron chi connectivity index (χ4n) is 3.37. The standard InChI is InChI=1S/C14H25N5/c15-13-11-16-19(12-13)10-7-17-5-8-18(9-6-17)14-3-1-2-4-14/h11-12,14H,1-10,15H2. The summed E-state index contributed by atoms with van der Waals surface area (Å²) in [4.78, 5) is 5.25. The Hall–Kier alpha value is -1.07. The van der Waals surface area contributed by atoms with E-state index in [-0.39, 0.29) is 0 Å². The van der Waals surface area contributed by atoms with Gasteiger partial charge in [-0.1, -0.05) is 12.8 Å². The molecule has 2 aliphatic rings. The summed E-state index contributed by atoms with van der Waals surface area (Å²) in [6, 6.07) is 0.882. The van der Waals surface area contributed by atoms with E-state index in [2.05, 4.69) is 14.9 Å². The largest absolute Gasteiger partial charge is 0.396 e. The van der Waals surface area contributed by atoms with E-state index in [1.807, 2.05) is 10.9 Å². The second kappa shape index (κ2) is 5.92. The number of anilines is 1. The summed E-state index contributed by atoms with van der Waals surface area (Å²) in [5.41, 5.74) is 6.43. The van der Waals surface area contributed by atoms with Crippen molar-refractivity contribution in [2.75, 3.05) is 38.5 Å². The van der Waals surface area contributed by atoms with Gasteiger partial charge in [-0.05, 0) is 12.8 Å². The monoisotopic (exact) mass is 263 g/mol. The number of piperazine rings is 1. The van der Waals surface area contributed by atoms with Crippen molar-refractivity contribution in [3.8, 4) is 0 Å². The number of hydrogen-bond acceptors (Lipinski definition) is 4. The zero-order valence-electron chi connectivity index (χ0n) is 11.7. The van der Waals surface area contributed by atoms with Crippen LogP contribution in [0.4, 0.5) is 5.69 Å². The molecule has 1 saturated heterocycles. The van der Waals surface area contributed by atoms with Crippen molar-refractivity contribution in [3.05, 3.63) is 12.4 Å². The molecular formula is C14H25N5. The molecule has 2 N–H and O–H groups in total. The second-order valence-electron chi connectivity index (χ2n) is 5.85. The molecule has 0 aromatic carbocycles. The van der Waals surface area contributed by atoms with Gasteiger partial charge in [0.1, 0.15) is 0 Å². The van der Waals surface area contributed by atoms with Crippen molar-refractivity contribution in [2.45, 2.75) is 38.3 Å². The first kappa shape index (κ1) is 12.9. The molecule has 0 radical (unpaired) electrons. The number of aromatic nitrogens is 2. The summed E-state index contributed by atoms with van der Waals surface area (Å²) in [5.74, 6) is 0. The van der Waals surface area contributed by atoms with Crippen LogP contribution in [-0.4, -0.2) is 58.3 Å². The smallest absolute Gasteiger partial charge is 0.0719 e. The molecule has 0 spiro atoms. The van der Waals surface area contributed by atoms with Crippen LogP contribution in [0.5, 0.6) is 0 Å². The highest BCUT2D eigenvalue weighted by Gasteiger charge is 2.25. The first-order chi connectivity index (χ1) is 9.31. The van der Waals surface area contributed by atoms with Crippen LogP contribution >= 0.6 is 0 Å². The molecule has 0 amide bonds. The van der Waals surface area contributed by atoms with E-state index in [1.165, 1.54) is 51.9 Å². The number of hydrogen-bond donors (Lipinski definition) is 1. The van der Waals surface area contributed by atoms with Gasteiger partial charge < -0.3 is 5.73 Å². The molecule has 2 heterocycles. The molecule has 1 aromatic heterocycles. The van der Waals surface area contributed by atoms with Gasteiger partial charge in [0.05, 0.1) is 18.4 Å². The Morgan fingerprint density at radius 1 is 1.11 bits per heavy atom. The van der Waals surface area contributed by atoms with E-state index in [0.717, 1.165) is 24.8 Å². The van der Waals surface area contributed by atoms with Crippen LogP contribution in [0.1, 0.15) is 25.7 Å². The van der Waals surface area contributed by atoms with E-state index in [1.54, 1.807) is 6.20 Å². The van der Waals surface area contributed by atoms with E-state index < -0.39 is 0 Å². The van der Waals surface area contributed by atoms with Crippen molar-refractivity contribution in [3.63, 3.8) is 0 Å². The molecule has 0 unspecified atom stereocenters. The fourth-order valence-corrected chi connectivity index (χ4v) is 3.37. The van der Waals surface area contributed by atoms with Gasteiger partial charge in [-0.3, -0.25) is 14.5 Å². The molecule has 1 saturated carbocycles. The topological polar surface area (TPSA) is 50.3 Å². The first-order valence-electron chi connectivity index (χ1n) is 7.55.